The highest BCUT2D eigenvalue weighted by molar-refractivity contribution is 7.12. The van der Waals surface area contributed by atoms with E-state index in [0.29, 0.717) is 6.04 Å². The van der Waals surface area contributed by atoms with Crippen molar-refractivity contribution in [2.45, 2.75) is 32.2 Å². The normalized spacial score (nSPS) is 18.0. The van der Waals surface area contributed by atoms with Crippen LogP contribution in [0.3, 0.4) is 0 Å². The van der Waals surface area contributed by atoms with Crippen LogP contribution in [0.2, 0.25) is 0 Å². The highest BCUT2D eigenvalue weighted by Gasteiger charge is 2.26. The molecule has 0 spiro atoms. The molecule has 0 radical (unpaired) electrons. The second-order valence-electron chi connectivity index (χ2n) is 4.79. The summed E-state index contributed by atoms with van der Waals surface area (Å²) in [6, 6.07) is 4.92. The lowest BCUT2D eigenvalue weighted by Crippen LogP contribution is -2.31. The number of thiophene rings is 1. The Morgan fingerprint density at radius 1 is 1.50 bits per heavy atom. The minimum Gasteiger partial charge on any atom is -0.329 e. The molecule has 0 amide bonds. The molecule has 1 aromatic rings. The van der Waals surface area contributed by atoms with Gasteiger partial charge in [-0.1, -0.05) is 6.92 Å². The lowest BCUT2D eigenvalue weighted by molar-refractivity contribution is 0.243. The molecule has 1 aliphatic rings. The van der Waals surface area contributed by atoms with E-state index in [1.54, 1.807) is 0 Å². The van der Waals surface area contributed by atoms with Crippen LogP contribution in [0.5, 0.6) is 0 Å². The average Bonchev–Trinajstić information content (AvgIpc) is 2.96. The monoisotopic (exact) mass is 238 g/mol. The van der Waals surface area contributed by atoms with Crippen LogP contribution in [-0.2, 0) is 6.42 Å². The maximum Gasteiger partial charge on any atom is 0.0562 e. The number of hydrogen-bond acceptors (Lipinski definition) is 3. The summed E-state index contributed by atoms with van der Waals surface area (Å²) in [5.41, 5.74) is 5.92. The van der Waals surface area contributed by atoms with Crippen molar-refractivity contribution in [3.8, 4) is 0 Å². The smallest absolute Gasteiger partial charge is 0.0562 e. The van der Waals surface area contributed by atoms with Gasteiger partial charge in [0.25, 0.3) is 0 Å². The summed E-state index contributed by atoms with van der Waals surface area (Å²) in [7, 11) is 2.21. The molecule has 1 heterocycles. The molecule has 0 saturated heterocycles. The van der Waals surface area contributed by atoms with E-state index >= 15 is 0 Å². The number of nitrogens with zero attached hydrogens (tertiary/aromatic N) is 1. The van der Waals surface area contributed by atoms with E-state index in [0.717, 1.165) is 18.9 Å². The summed E-state index contributed by atoms with van der Waals surface area (Å²) < 4.78 is 0. The Balaban J connectivity index is 2.01. The van der Waals surface area contributed by atoms with Crippen molar-refractivity contribution >= 4 is 11.3 Å². The summed E-state index contributed by atoms with van der Waals surface area (Å²) >= 11 is 1.92. The maximum atomic E-state index is 5.92. The number of hydrogen-bond donors (Lipinski definition) is 1. The van der Waals surface area contributed by atoms with Crippen LogP contribution < -0.4 is 5.73 Å². The highest BCUT2D eigenvalue weighted by atomic mass is 32.1. The molecule has 0 bridgehead atoms. The van der Waals surface area contributed by atoms with Crippen molar-refractivity contribution in [3.63, 3.8) is 0 Å². The zero-order chi connectivity index (χ0) is 11.5. The summed E-state index contributed by atoms with van der Waals surface area (Å²) in [6.45, 7) is 4.15. The molecule has 2 rings (SSSR count). The fourth-order valence-electron chi connectivity index (χ4n) is 2.11. The van der Waals surface area contributed by atoms with Gasteiger partial charge in [-0.3, -0.25) is 4.90 Å². The van der Waals surface area contributed by atoms with Gasteiger partial charge in [0.05, 0.1) is 6.04 Å². The van der Waals surface area contributed by atoms with Crippen LogP contribution in [-0.4, -0.2) is 25.0 Å². The summed E-state index contributed by atoms with van der Waals surface area (Å²) in [6.07, 6.45) is 3.95. The molecule has 1 unspecified atom stereocenters. The van der Waals surface area contributed by atoms with Crippen LogP contribution in [0, 0.1) is 5.92 Å². The van der Waals surface area contributed by atoms with Gasteiger partial charge in [-0.05, 0) is 44.4 Å². The van der Waals surface area contributed by atoms with Gasteiger partial charge in [0.1, 0.15) is 0 Å². The predicted octanol–water partition coefficient (Wildman–Crippen LogP) is 2.65. The van der Waals surface area contributed by atoms with E-state index in [4.69, 9.17) is 5.73 Å². The first-order valence-electron chi connectivity index (χ1n) is 6.23. The molecule has 1 fully saturated rings. The van der Waals surface area contributed by atoms with Crippen molar-refractivity contribution in [3.05, 3.63) is 21.9 Å². The van der Waals surface area contributed by atoms with Crippen molar-refractivity contribution < 1.29 is 0 Å². The van der Waals surface area contributed by atoms with Gasteiger partial charge in [-0.25, -0.2) is 0 Å². The van der Waals surface area contributed by atoms with E-state index in [9.17, 15) is 0 Å². The molecular weight excluding hydrogens is 216 g/mol. The van der Waals surface area contributed by atoms with E-state index in [2.05, 4.69) is 31.0 Å². The van der Waals surface area contributed by atoms with Crippen LogP contribution in [0.15, 0.2) is 12.1 Å². The molecule has 0 aromatic carbocycles. The Labute approximate surface area is 102 Å². The number of aryl methyl sites for hydroxylation is 1. The summed E-state index contributed by atoms with van der Waals surface area (Å²) in [5.74, 6) is 0.935. The number of rotatable bonds is 6. The second kappa shape index (κ2) is 5.30. The molecule has 16 heavy (non-hydrogen) atoms. The Kier molecular flexibility index (Phi) is 4.00. The first-order chi connectivity index (χ1) is 7.74. The molecule has 1 aromatic heterocycles. The van der Waals surface area contributed by atoms with Crippen molar-refractivity contribution in [2.75, 3.05) is 20.1 Å². The van der Waals surface area contributed by atoms with Gasteiger partial charge in [-0.15, -0.1) is 11.3 Å². The first kappa shape index (κ1) is 12.1. The zero-order valence-electron chi connectivity index (χ0n) is 10.3. The van der Waals surface area contributed by atoms with Gasteiger partial charge in [-0.2, -0.15) is 0 Å². The number of likely N-dealkylation sites (N-methyl/N-ethyl adjacent to an activating group) is 1. The summed E-state index contributed by atoms with van der Waals surface area (Å²) in [4.78, 5) is 5.33. The Hall–Kier alpha value is -0.380. The van der Waals surface area contributed by atoms with Gasteiger partial charge >= 0.3 is 0 Å². The van der Waals surface area contributed by atoms with Crippen molar-refractivity contribution in [1.82, 2.24) is 4.90 Å². The van der Waals surface area contributed by atoms with E-state index in [1.807, 2.05) is 11.3 Å². The van der Waals surface area contributed by atoms with E-state index in [-0.39, 0.29) is 0 Å². The molecule has 1 atom stereocenters. The standard InChI is InChI=1S/C13H22N2S/c1-3-11-6-7-13(16-11)12(8-14)15(2)9-10-4-5-10/h6-7,10,12H,3-5,8-9,14H2,1-2H3. The quantitative estimate of drug-likeness (QED) is 0.825. The molecule has 1 aliphatic carbocycles. The molecule has 3 heteroatoms. The van der Waals surface area contributed by atoms with Gasteiger partial charge < -0.3 is 5.73 Å². The van der Waals surface area contributed by atoms with Gasteiger partial charge in [0, 0.05) is 22.8 Å². The van der Waals surface area contributed by atoms with E-state index < -0.39 is 0 Å². The lowest BCUT2D eigenvalue weighted by atomic mass is 10.2. The molecule has 2 nitrogen and oxygen atoms in total. The van der Waals surface area contributed by atoms with Gasteiger partial charge in [0.2, 0.25) is 0 Å². The van der Waals surface area contributed by atoms with E-state index in [1.165, 1.54) is 29.1 Å². The highest BCUT2D eigenvalue weighted by Crippen LogP contribution is 2.33. The van der Waals surface area contributed by atoms with Crippen LogP contribution >= 0.6 is 11.3 Å². The van der Waals surface area contributed by atoms with Crippen molar-refractivity contribution in [2.24, 2.45) is 11.7 Å². The Morgan fingerprint density at radius 3 is 2.75 bits per heavy atom. The molecule has 90 valence electrons. The van der Waals surface area contributed by atoms with Crippen LogP contribution in [0.1, 0.15) is 35.6 Å². The van der Waals surface area contributed by atoms with Crippen LogP contribution in [0.4, 0.5) is 0 Å². The lowest BCUT2D eigenvalue weighted by Gasteiger charge is -2.26. The third-order valence-electron chi connectivity index (χ3n) is 3.36. The Bertz CT molecular complexity index is 330. The maximum absolute atomic E-state index is 5.92. The Morgan fingerprint density at radius 2 is 2.25 bits per heavy atom. The second-order valence-corrected chi connectivity index (χ2v) is 5.99. The molecule has 0 aliphatic heterocycles. The third-order valence-corrected chi connectivity index (χ3v) is 4.69. The fourth-order valence-corrected chi connectivity index (χ4v) is 3.24. The SMILES string of the molecule is CCc1ccc(C(CN)N(C)CC2CC2)s1. The fraction of sp³-hybridized carbons (Fsp3) is 0.692. The average molecular weight is 238 g/mol. The van der Waals surface area contributed by atoms with Crippen LogP contribution in [0.25, 0.3) is 0 Å². The largest absolute Gasteiger partial charge is 0.329 e. The topological polar surface area (TPSA) is 29.3 Å². The zero-order valence-corrected chi connectivity index (χ0v) is 11.1. The predicted molar refractivity (Wildman–Crippen MR) is 70.8 cm³/mol. The number of nitrogens with two attached hydrogens (primary N) is 1. The minimum absolute atomic E-state index is 0.422. The molecule has 2 N–H and O–H groups in total. The van der Waals surface area contributed by atoms with Crippen molar-refractivity contribution in [1.29, 1.82) is 0 Å². The molecular formula is C13H22N2S. The first-order valence-corrected chi connectivity index (χ1v) is 7.05. The molecule has 1 saturated carbocycles. The summed E-state index contributed by atoms with van der Waals surface area (Å²) in [5, 5.41) is 0. The third kappa shape index (κ3) is 2.84. The van der Waals surface area contributed by atoms with Gasteiger partial charge in [0.15, 0.2) is 0 Å². The minimum atomic E-state index is 0.422.